The van der Waals surface area contributed by atoms with Crippen molar-refractivity contribution in [2.24, 2.45) is 0 Å². The molecule has 0 unspecified atom stereocenters. The summed E-state index contributed by atoms with van der Waals surface area (Å²) in [5, 5.41) is 3.49. The van der Waals surface area contributed by atoms with Crippen molar-refractivity contribution in [3.05, 3.63) is 53.6 Å². The quantitative estimate of drug-likeness (QED) is 0.809. The largest absolute Gasteiger partial charge is 0.416 e. The van der Waals surface area contributed by atoms with Crippen LogP contribution in [0.25, 0.3) is 0 Å². The lowest BCUT2D eigenvalue weighted by atomic mass is 9.91. The fraction of sp³-hybridized carbons (Fsp3) is 0.400. The number of sulfone groups is 1. The first-order chi connectivity index (χ1) is 13.2. The summed E-state index contributed by atoms with van der Waals surface area (Å²) < 4.78 is 64.2. The molecular formula is C20H21F3N2O2S. The Labute approximate surface area is 162 Å². The molecule has 4 rings (SSSR count). The third kappa shape index (κ3) is 3.39. The van der Waals surface area contributed by atoms with Crippen molar-refractivity contribution in [2.45, 2.75) is 40.8 Å². The van der Waals surface area contributed by atoms with Crippen LogP contribution in [0.3, 0.4) is 0 Å². The topological polar surface area (TPSA) is 49.4 Å². The predicted molar refractivity (Wildman–Crippen MR) is 100 cm³/mol. The van der Waals surface area contributed by atoms with E-state index in [4.69, 9.17) is 0 Å². The number of fused-ring (bicyclic) bond motifs is 3. The molecule has 2 atom stereocenters. The van der Waals surface area contributed by atoms with Crippen molar-refractivity contribution in [1.82, 2.24) is 4.90 Å². The van der Waals surface area contributed by atoms with E-state index in [1.54, 1.807) is 12.1 Å². The summed E-state index contributed by atoms with van der Waals surface area (Å²) in [6.45, 7) is 1.93. The zero-order chi connectivity index (χ0) is 20.1. The fourth-order valence-electron chi connectivity index (χ4n) is 4.08. The lowest BCUT2D eigenvalue weighted by molar-refractivity contribution is -0.137. The van der Waals surface area contributed by atoms with Crippen molar-refractivity contribution >= 4 is 15.5 Å². The van der Waals surface area contributed by atoms with Gasteiger partial charge in [0.2, 0.25) is 9.84 Å². The summed E-state index contributed by atoms with van der Waals surface area (Å²) in [6, 6.07) is 8.91. The molecule has 0 amide bonds. The lowest BCUT2D eigenvalue weighted by Crippen LogP contribution is -2.22. The van der Waals surface area contributed by atoms with E-state index in [1.807, 2.05) is 0 Å². The molecule has 2 heterocycles. The molecule has 150 valence electrons. The van der Waals surface area contributed by atoms with Gasteiger partial charge in [-0.3, -0.25) is 0 Å². The van der Waals surface area contributed by atoms with Crippen LogP contribution in [-0.2, 0) is 16.0 Å². The van der Waals surface area contributed by atoms with Crippen LogP contribution >= 0.6 is 0 Å². The number of nitrogens with one attached hydrogen (secondary N) is 1. The Morgan fingerprint density at radius 3 is 2.32 bits per heavy atom. The fourth-order valence-corrected chi connectivity index (χ4v) is 5.38. The summed E-state index contributed by atoms with van der Waals surface area (Å²) in [5.74, 6) is 0.239. The summed E-state index contributed by atoms with van der Waals surface area (Å²) in [6.07, 6.45) is -2.58. The van der Waals surface area contributed by atoms with Gasteiger partial charge in [0.25, 0.3) is 0 Å². The molecule has 0 saturated carbocycles. The van der Waals surface area contributed by atoms with Crippen molar-refractivity contribution in [1.29, 1.82) is 0 Å². The number of hydrogen-bond donors (Lipinski definition) is 1. The zero-order valence-electron chi connectivity index (χ0n) is 15.3. The van der Waals surface area contributed by atoms with Crippen molar-refractivity contribution in [3.63, 3.8) is 0 Å². The van der Waals surface area contributed by atoms with E-state index in [9.17, 15) is 21.6 Å². The lowest BCUT2D eigenvalue weighted by Gasteiger charge is -2.16. The standard InChI is InChI=1S/C20H21F3N2O2S/c1-25-10-8-16-17-12-15(6-7-18(17)24-19(16)9-11-25)28(26,27)14-4-2-13(3-5-14)20(21,22)23/h2-7,12,16,19,24H,8-11H2,1H3/t16-,19+/m0/s1. The number of benzene rings is 2. The van der Waals surface area contributed by atoms with Gasteiger partial charge in [-0.2, -0.15) is 13.2 Å². The molecule has 2 aromatic rings. The Kier molecular flexibility index (Phi) is 4.66. The Balaban J connectivity index is 1.67. The number of rotatable bonds is 2. The minimum atomic E-state index is -4.50. The van der Waals surface area contributed by atoms with Crippen LogP contribution in [0.15, 0.2) is 52.3 Å². The maximum atomic E-state index is 13.0. The average molecular weight is 410 g/mol. The van der Waals surface area contributed by atoms with E-state index in [-0.39, 0.29) is 21.8 Å². The number of halogens is 3. The van der Waals surface area contributed by atoms with Gasteiger partial charge in [0.1, 0.15) is 0 Å². The predicted octanol–water partition coefficient (Wildman–Crippen LogP) is 4.14. The molecule has 0 radical (unpaired) electrons. The number of nitrogens with zero attached hydrogens (tertiary/aromatic N) is 1. The van der Waals surface area contributed by atoms with Crippen LogP contribution < -0.4 is 5.32 Å². The van der Waals surface area contributed by atoms with E-state index in [2.05, 4.69) is 17.3 Å². The molecule has 0 spiro atoms. The number of anilines is 1. The van der Waals surface area contributed by atoms with Crippen LogP contribution in [-0.4, -0.2) is 39.5 Å². The van der Waals surface area contributed by atoms with Crippen molar-refractivity contribution in [2.75, 3.05) is 25.5 Å². The molecule has 1 N–H and O–H groups in total. The maximum Gasteiger partial charge on any atom is 0.416 e. The van der Waals surface area contributed by atoms with E-state index >= 15 is 0 Å². The molecule has 4 nitrogen and oxygen atoms in total. The van der Waals surface area contributed by atoms with Gasteiger partial charge in [0.15, 0.2) is 0 Å². The molecule has 1 saturated heterocycles. The first-order valence-corrected chi connectivity index (χ1v) is 10.7. The van der Waals surface area contributed by atoms with Gasteiger partial charge in [-0.05, 0) is 81.0 Å². The van der Waals surface area contributed by atoms with E-state index < -0.39 is 21.6 Å². The second-order valence-electron chi connectivity index (χ2n) is 7.51. The first-order valence-electron chi connectivity index (χ1n) is 9.17. The SMILES string of the molecule is CN1CC[C@H]2Nc3ccc(S(=O)(=O)c4ccc(C(F)(F)F)cc4)cc3[C@@H]2CC1. The zero-order valence-corrected chi connectivity index (χ0v) is 16.1. The minimum absolute atomic E-state index is 0.117. The Morgan fingerprint density at radius 1 is 1.00 bits per heavy atom. The maximum absolute atomic E-state index is 13.0. The Bertz CT molecular complexity index is 988. The summed E-state index contributed by atoms with van der Waals surface area (Å²) in [4.78, 5) is 2.25. The summed E-state index contributed by atoms with van der Waals surface area (Å²) in [5.41, 5.74) is 1.06. The molecule has 28 heavy (non-hydrogen) atoms. The molecule has 0 bridgehead atoms. The molecule has 8 heteroatoms. The second-order valence-corrected chi connectivity index (χ2v) is 9.46. The van der Waals surface area contributed by atoms with Gasteiger partial charge >= 0.3 is 6.18 Å². The Hall–Kier alpha value is -2.06. The van der Waals surface area contributed by atoms with Gasteiger partial charge < -0.3 is 10.2 Å². The number of likely N-dealkylation sites (tertiary alicyclic amines) is 1. The number of alkyl halides is 3. The van der Waals surface area contributed by atoms with Crippen LogP contribution in [0.5, 0.6) is 0 Å². The molecule has 0 aromatic heterocycles. The molecule has 2 aliphatic heterocycles. The molecule has 2 aromatic carbocycles. The van der Waals surface area contributed by atoms with Gasteiger partial charge in [-0.25, -0.2) is 8.42 Å². The first kappa shape index (κ1) is 19.3. The highest BCUT2D eigenvalue weighted by atomic mass is 32.2. The van der Waals surface area contributed by atoms with Crippen molar-refractivity contribution < 1.29 is 21.6 Å². The third-order valence-electron chi connectivity index (χ3n) is 5.69. The third-order valence-corrected chi connectivity index (χ3v) is 7.46. The smallest absolute Gasteiger partial charge is 0.381 e. The molecule has 0 aliphatic carbocycles. The molecule has 1 fully saturated rings. The summed E-state index contributed by atoms with van der Waals surface area (Å²) in [7, 11) is -1.81. The van der Waals surface area contributed by atoms with Crippen LogP contribution in [0.4, 0.5) is 18.9 Å². The second kappa shape index (κ2) is 6.77. The van der Waals surface area contributed by atoms with Crippen LogP contribution in [0.1, 0.15) is 29.9 Å². The van der Waals surface area contributed by atoms with Crippen molar-refractivity contribution in [3.8, 4) is 0 Å². The van der Waals surface area contributed by atoms with E-state index in [1.165, 1.54) is 6.07 Å². The highest BCUT2D eigenvalue weighted by Crippen LogP contribution is 2.42. The van der Waals surface area contributed by atoms with Gasteiger partial charge in [-0.1, -0.05) is 0 Å². The highest BCUT2D eigenvalue weighted by molar-refractivity contribution is 7.91. The normalized spacial score (nSPS) is 22.9. The highest BCUT2D eigenvalue weighted by Gasteiger charge is 2.35. The molecule has 2 aliphatic rings. The minimum Gasteiger partial charge on any atom is -0.381 e. The van der Waals surface area contributed by atoms with Gasteiger partial charge in [-0.15, -0.1) is 0 Å². The van der Waals surface area contributed by atoms with Crippen LogP contribution in [0.2, 0.25) is 0 Å². The van der Waals surface area contributed by atoms with E-state index in [0.717, 1.165) is 61.4 Å². The average Bonchev–Trinajstić information content (AvgIpc) is 2.90. The van der Waals surface area contributed by atoms with Gasteiger partial charge in [0, 0.05) is 17.6 Å². The van der Waals surface area contributed by atoms with E-state index in [0.29, 0.717) is 0 Å². The number of hydrogen-bond acceptors (Lipinski definition) is 4. The van der Waals surface area contributed by atoms with Gasteiger partial charge in [0.05, 0.1) is 15.4 Å². The molecular weight excluding hydrogens is 389 g/mol. The Morgan fingerprint density at radius 2 is 1.64 bits per heavy atom. The summed E-state index contributed by atoms with van der Waals surface area (Å²) >= 11 is 0. The van der Waals surface area contributed by atoms with Crippen LogP contribution in [0, 0.1) is 0 Å². The monoisotopic (exact) mass is 410 g/mol.